The summed E-state index contributed by atoms with van der Waals surface area (Å²) in [5.41, 5.74) is 3.42. The van der Waals surface area contributed by atoms with Crippen LogP contribution in [0.25, 0.3) is 10.9 Å². The van der Waals surface area contributed by atoms with Crippen LogP contribution < -0.4 is 10.6 Å². The van der Waals surface area contributed by atoms with Gasteiger partial charge < -0.3 is 20.4 Å². The molecule has 0 aliphatic rings. The molecule has 0 aliphatic carbocycles. The maximum atomic E-state index is 12.1. The van der Waals surface area contributed by atoms with Crippen LogP contribution in [0.4, 0.5) is 10.5 Å². The fourth-order valence-electron chi connectivity index (χ4n) is 2.42. The average molecular weight is 327 g/mol. The minimum Gasteiger partial charge on any atom is -0.465 e. The van der Waals surface area contributed by atoms with Gasteiger partial charge in [-0.25, -0.2) is 9.59 Å². The molecule has 2 aromatic heterocycles. The zero-order valence-electron chi connectivity index (χ0n) is 13.3. The number of fused-ring (bicyclic) bond motifs is 1. The average Bonchev–Trinajstić information content (AvgIpc) is 3.20. The number of amides is 2. The van der Waals surface area contributed by atoms with Gasteiger partial charge in [-0.05, 0) is 25.1 Å². The SMILES string of the molecule is COC(=O)c1cc(NC(=O)NCc2cn[nH]c2C)cc2[nH]ccc12. The van der Waals surface area contributed by atoms with Crippen molar-refractivity contribution in [2.24, 2.45) is 0 Å². The van der Waals surface area contributed by atoms with E-state index < -0.39 is 5.97 Å². The largest absolute Gasteiger partial charge is 0.465 e. The molecular weight excluding hydrogens is 310 g/mol. The van der Waals surface area contributed by atoms with E-state index >= 15 is 0 Å². The summed E-state index contributed by atoms with van der Waals surface area (Å²) >= 11 is 0. The summed E-state index contributed by atoms with van der Waals surface area (Å²) in [6.45, 7) is 2.23. The van der Waals surface area contributed by atoms with Crippen molar-refractivity contribution in [2.45, 2.75) is 13.5 Å². The van der Waals surface area contributed by atoms with E-state index in [0.29, 0.717) is 17.8 Å². The van der Waals surface area contributed by atoms with E-state index in [2.05, 4.69) is 25.8 Å². The third-order valence-corrected chi connectivity index (χ3v) is 3.71. The highest BCUT2D eigenvalue weighted by Gasteiger charge is 2.14. The van der Waals surface area contributed by atoms with Gasteiger partial charge in [-0.3, -0.25) is 5.10 Å². The quantitative estimate of drug-likeness (QED) is 0.551. The molecule has 0 radical (unpaired) electrons. The summed E-state index contributed by atoms with van der Waals surface area (Å²) in [4.78, 5) is 27.0. The topological polar surface area (TPSA) is 112 Å². The second-order valence-electron chi connectivity index (χ2n) is 5.28. The molecule has 3 aromatic rings. The minimum absolute atomic E-state index is 0.350. The van der Waals surface area contributed by atoms with E-state index in [0.717, 1.165) is 22.2 Å². The number of urea groups is 1. The van der Waals surface area contributed by atoms with E-state index in [-0.39, 0.29) is 6.03 Å². The van der Waals surface area contributed by atoms with Crippen molar-refractivity contribution >= 4 is 28.6 Å². The number of hydrogen-bond acceptors (Lipinski definition) is 4. The molecule has 8 heteroatoms. The molecule has 1 aromatic carbocycles. The lowest BCUT2D eigenvalue weighted by Gasteiger charge is -2.09. The van der Waals surface area contributed by atoms with Gasteiger partial charge in [-0.1, -0.05) is 0 Å². The zero-order valence-corrected chi connectivity index (χ0v) is 13.3. The number of rotatable bonds is 4. The molecule has 124 valence electrons. The Kier molecular flexibility index (Phi) is 4.19. The minimum atomic E-state index is -0.460. The molecule has 4 N–H and O–H groups in total. The maximum absolute atomic E-state index is 12.1. The summed E-state index contributed by atoms with van der Waals surface area (Å²) in [5.74, 6) is -0.460. The number of H-pyrrole nitrogens is 2. The third-order valence-electron chi connectivity index (χ3n) is 3.71. The van der Waals surface area contributed by atoms with E-state index in [4.69, 9.17) is 4.74 Å². The lowest BCUT2D eigenvalue weighted by atomic mass is 10.1. The Hall–Kier alpha value is -3.29. The van der Waals surface area contributed by atoms with E-state index in [9.17, 15) is 9.59 Å². The number of carbonyl (C=O) groups is 2. The maximum Gasteiger partial charge on any atom is 0.338 e. The summed E-state index contributed by atoms with van der Waals surface area (Å²) in [6.07, 6.45) is 3.39. The van der Waals surface area contributed by atoms with Crippen LogP contribution in [0.3, 0.4) is 0 Å². The van der Waals surface area contributed by atoms with Crippen molar-refractivity contribution in [1.82, 2.24) is 20.5 Å². The van der Waals surface area contributed by atoms with Crippen LogP contribution in [-0.4, -0.2) is 34.3 Å². The second kappa shape index (κ2) is 6.45. The number of esters is 1. The molecule has 3 rings (SSSR count). The van der Waals surface area contributed by atoms with Crippen LogP contribution in [0, 0.1) is 6.92 Å². The van der Waals surface area contributed by atoms with Crippen molar-refractivity contribution in [3.05, 3.63) is 47.4 Å². The first-order chi connectivity index (χ1) is 11.6. The van der Waals surface area contributed by atoms with E-state index in [1.54, 1.807) is 30.6 Å². The van der Waals surface area contributed by atoms with Crippen LogP contribution >= 0.6 is 0 Å². The van der Waals surface area contributed by atoms with Crippen LogP contribution in [0.5, 0.6) is 0 Å². The van der Waals surface area contributed by atoms with Gasteiger partial charge in [0.15, 0.2) is 0 Å². The number of nitrogens with zero attached hydrogens (tertiary/aromatic N) is 1. The van der Waals surface area contributed by atoms with Gasteiger partial charge >= 0.3 is 12.0 Å². The highest BCUT2D eigenvalue weighted by molar-refractivity contribution is 6.06. The van der Waals surface area contributed by atoms with Crippen LogP contribution in [-0.2, 0) is 11.3 Å². The second-order valence-corrected chi connectivity index (χ2v) is 5.28. The van der Waals surface area contributed by atoms with Gasteiger partial charge in [0, 0.05) is 40.6 Å². The van der Waals surface area contributed by atoms with Crippen LogP contribution in [0.1, 0.15) is 21.6 Å². The smallest absolute Gasteiger partial charge is 0.338 e. The van der Waals surface area contributed by atoms with E-state index in [1.807, 2.05) is 6.92 Å². The van der Waals surface area contributed by atoms with Crippen molar-refractivity contribution < 1.29 is 14.3 Å². The molecule has 0 atom stereocenters. The molecule has 2 amide bonds. The van der Waals surface area contributed by atoms with Gasteiger partial charge in [0.1, 0.15) is 0 Å². The standard InChI is InChI=1S/C16H17N5O3/c1-9-10(8-19-21-9)7-18-16(23)20-11-5-13(15(22)24-2)12-3-4-17-14(12)6-11/h3-6,8,17H,7H2,1-2H3,(H,19,21)(H2,18,20,23). The summed E-state index contributed by atoms with van der Waals surface area (Å²) < 4.78 is 4.79. The van der Waals surface area contributed by atoms with Crippen LogP contribution in [0.15, 0.2) is 30.6 Å². The van der Waals surface area contributed by atoms with Gasteiger partial charge in [0.2, 0.25) is 0 Å². The Labute approximate surface area is 137 Å². The van der Waals surface area contributed by atoms with Gasteiger partial charge in [0.25, 0.3) is 0 Å². The highest BCUT2D eigenvalue weighted by Crippen LogP contribution is 2.24. The predicted octanol–water partition coefficient (Wildman–Crippen LogP) is 2.31. The number of ether oxygens (including phenoxy) is 1. The highest BCUT2D eigenvalue weighted by atomic mass is 16.5. The molecule has 2 heterocycles. The molecule has 24 heavy (non-hydrogen) atoms. The Morgan fingerprint density at radius 2 is 2.17 bits per heavy atom. The van der Waals surface area contributed by atoms with Gasteiger partial charge in [0.05, 0.1) is 18.9 Å². The summed E-state index contributed by atoms with van der Waals surface area (Å²) in [7, 11) is 1.32. The normalized spacial score (nSPS) is 10.6. The van der Waals surface area contributed by atoms with Crippen molar-refractivity contribution in [3.8, 4) is 0 Å². The van der Waals surface area contributed by atoms with Crippen LogP contribution in [0.2, 0.25) is 0 Å². The molecular formula is C16H17N5O3. The Morgan fingerprint density at radius 3 is 2.88 bits per heavy atom. The molecule has 0 fully saturated rings. The Morgan fingerprint density at radius 1 is 1.33 bits per heavy atom. The molecule has 0 unspecified atom stereocenters. The first kappa shape index (κ1) is 15.6. The first-order valence-corrected chi connectivity index (χ1v) is 7.31. The number of hydrogen-bond donors (Lipinski definition) is 4. The molecule has 0 aliphatic heterocycles. The molecule has 8 nitrogen and oxygen atoms in total. The molecule has 0 saturated heterocycles. The summed E-state index contributed by atoms with van der Waals surface area (Å²) in [5, 5.41) is 12.9. The molecule has 0 saturated carbocycles. The first-order valence-electron chi connectivity index (χ1n) is 7.31. The summed E-state index contributed by atoms with van der Waals surface area (Å²) in [6, 6.07) is 4.75. The zero-order chi connectivity index (χ0) is 17.1. The van der Waals surface area contributed by atoms with Crippen molar-refractivity contribution in [3.63, 3.8) is 0 Å². The van der Waals surface area contributed by atoms with E-state index in [1.165, 1.54) is 7.11 Å². The fourth-order valence-corrected chi connectivity index (χ4v) is 2.42. The van der Waals surface area contributed by atoms with Crippen molar-refractivity contribution in [2.75, 3.05) is 12.4 Å². The number of aromatic nitrogens is 3. The Balaban J connectivity index is 1.75. The fraction of sp³-hybridized carbons (Fsp3) is 0.188. The number of nitrogens with one attached hydrogen (secondary N) is 4. The monoisotopic (exact) mass is 327 g/mol. The third kappa shape index (κ3) is 3.07. The number of aryl methyl sites for hydroxylation is 1. The number of carbonyl (C=O) groups excluding carboxylic acids is 2. The number of methoxy groups -OCH3 is 1. The van der Waals surface area contributed by atoms with Gasteiger partial charge in [-0.15, -0.1) is 0 Å². The lowest BCUT2D eigenvalue weighted by Crippen LogP contribution is -2.28. The number of benzene rings is 1. The molecule has 0 bridgehead atoms. The lowest BCUT2D eigenvalue weighted by molar-refractivity contribution is 0.0603. The number of anilines is 1. The molecule has 0 spiro atoms. The van der Waals surface area contributed by atoms with Gasteiger partial charge in [-0.2, -0.15) is 5.10 Å². The van der Waals surface area contributed by atoms with Crippen molar-refractivity contribution in [1.29, 1.82) is 0 Å². The predicted molar refractivity (Wildman–Crippen MR) is 88.8 cm³/mol. The number of aromatic amines is 2. The Bertz CT molecular complexity index is 896.